The zero-order valence-corrected chi connectivity index (χ0v) is 12.0. The van der Waals surface area contributed by atoms with Crippen LogP contribution in [0.15, 0.2) is 22.7 Å². The van der Waals surface area contributed by atoms with E-state index in [0.717, 1.165) is 6.42 Å². The molecule has 0 radical (unpaired) electrons. The standard InChI is InChI=1S/C13H16BrFO3/c1-3-5-12(13(16)17-4-2)18-11-7-6-9(14)8-10(11)15/h6-8,12H,3-5H2,1-2H3. The van der Waals surface area contributed by atoms with Crippen molar-refractivity contribution in [1.29, 1.82) is 0 Å². The third-order valence-corrected chi connectivity index (χ3v) is 2.76. The Morgan fingerprint density at radius 2 is 2.17 bits per heavy atom. The largest absolute Gasteiger partial charge is 0.476 e. The van der Waals surface area contributed by atoms with Gasteiger partial charge < -0.3 is 9.47 Å². The number of rotatable bonds is 6. The van der Waals surface area contributed by atoms with Gasteiger partial charge in [-0.3, -0.25) is 0 Å². The molecule has 0 saturated carbocycles. The second kappa shape index (κ2) is 7.36. The van der Waals surface area contributed by atoms with Gasteiger partial charge in [-0.1, -0.05) is 29.3 Å². The lowest BCUT2D eigenvalue weighted by molar-refractivity contribution is -0.151. The molecular formula is C13H16BrFO3. The third kappa shape index (κ3) is 4.29. The second-order valence-electron chi connectivity index (χ2n) is 3.72. The second-order valence-corrected chi connectivity index (χ2v) is 4.64. The van der Waals surface area contributed by atoms with Gasteiger partial charge in [-0.05, 0) is 31.5 Å². The van der Waals surface area contributed by atoms with Gasteiger partial charge in [0, 0.05) is 4.47 Å². The van der Waals surface area contributed by atoms with Gasteiger partial charge in [0.1, 0.15) is 0 Å². The lowest BCUT2D eigenvalue weighted by Gasteiger charge is -2.17. The quantitative estimate of drug-likeness (QED) is 0.750. The minimum atomic E-state index is -0.759. The first kappa shape index (κ1) is 15.0. The highest BCUT2D eigenvalue weighted by molar-refractivity contribution is 9.10. The summed E-state index contributed by atoms with van der Waals surface area (Å²) in [5.41, 5.74) is 0. The highest BCUT2D eigenvalue weighted by Crippen LogP contribution is 2.23. The SMILES string of the molecule is CCCC(Oc1ccc(Br)cc1F)C(=O)OCC. The van der Waals surface area contributed by atoms with Crippen molar-refractivity contribution in [2.75, 3.05) is 6.61 Å². The molecule has 0 aliphatic heterocycles. The molecule has 0 aliphatic rings. The number of carbonyl (C=O) groups is 1. The van der Waals surface area contributed by atoms with Crippen LogP contribution in [0.5, 0.6) is 5.75 Å². The summed E-state index contributed by atoms with van der Waals surface area (Å²) in [5.74, 6) is -0.902. The minimum Gasteiger partial charge on any atom is -0.476 e. The molecule has 0 saturated heterocycles. The zero-order chi connectivity index (χ0) is 13.5. The molecule has 1 aromatic carbocycles. The summed E-state index contributed by atoms with van der Waals surface area (Å²) in [6, 6.07) is 4.44. The fourth-order valence-electron chi connectivity index (χ4n) is 1.45. The monoisotopic (exact) mass is 318 g/mol. The van der Waals surface area contributed by atoms with Gasteiger partial charge in [0.25, 0.3) is 0 Å². The van der Waals surface area contributed by atoms with Crippen molar-refractivity contribution in [3.05, 3.63) is 28.5 Å². The highest BCUT2D eigenvalue weighted by Gasteiger charge is 2.22. The number of hydrogen-bond donors (Lipinski definition) is 0. The molecule has 100 valence electrons. The van der Waals surface area contributed by atoms with Crippen LogP contribution in [-0.4, -0.2) is 18.7 Å². The van der Waals surface area contributed by atoms with E-state index in [-0.39, 0.29) is 12.4 Å². The molecule has 18 heavy (non-hydrogen) atoms. The molecule has 0 aromatic heterocycles. The normalized spacial score (nSPS) is 12.0. The molecule has 1 atom stereocenters. The molecular weight excluding hydrogens is 303 g/mol. The molecule has 0 fully saturated rings. The van der Waals surface area contributed by atoms with Gasteiger partial charge in [0.15, 0.2) is 17.7 Å². The smallest absolute Gasteiger partial charge is 0.347 e. The van der Waals surface area contributed by atoms with Gasteiger partial charge >= 0.3 is 5.97 Å². The zero-order valence-electron chi connectivity index (χ0n) is 10.4. The molecule has 0 bridgehead atoms. The fraction of sp³-hybridized carbons (Fsp3) is 0.462. The van der Waals surface area contributed by atoms with Crippen LogP contribution in [0.3, 0.4) is 0 Å². The molecule has 0 spiro atoms. The van der Waals surface area contributed by atoms with E-state index in [1.807, 2.05) is 6.92 Å². The predicted molar refractivity (Wildman–Crippen MR) is 70.1 cm³/mol. The van der Waals surface area contributed by atoms with Crippen LogP contribution in [0.4, 0.5) is 4.39 Å². The maximum atomic E-state index is 13.6. The molecule has 0 N–H and O–H groups in total. The minimum absolute atomic E-state index is 0.0599. The number of hydrogen-bond acceptors (Lipinski definition) is 3. The Balaban J connectivity index is 2.79. The molecule has 3 nitrogen and oxygen atoms in total. The van der Waals surface area contributed by atoms with E-state index in [1.165, 1.54) is 12.1 Å². The van der Waals surface area contributed by atoms with E-state index in [9.17, 15) is 9.18 Å². The first-order valence-corrected chi connectivity index (χ1v) is 6.66. The molecule has 1 unspecified atom stereocenters. The van der Waals surface area contributed by atoms with Gasteiger partial charge in [0.2, 0.25) is 0 Å². The number of benzene rings is 1. The topological polar surface area (TPSA) is 35.5 Å². The van der Waals surface area contributed by atoms with Crippen LogP contribution < -0.4 is 4.74 Å². The van der Waals surface area contributed by atoms with Crippen molar-refractivity contribution in [2.24, 2.45) is 0 Å². The summed E-state index contributed by atoms with van der Waals surface area (Å²) in [6.07, 6.45) is 0.487. The summed E-state index contributed by atoms with van der Waals surface area (Å²) in [6.45, 7) is 3.93. The van der Waals surface area contributed by atoms with Crippen molar-refractivity contribution in [2.45, 2.75) is 32.8 Å². The van der Waals surface area contributed by atoms with E-state index in [1.54, 1.807) is 13.0 Å². The van der Waals surface area contributed by atoms with E-state index in [4.69, 9.17) is 9.47 Å². The molecule has 1 rings (SSSR count). The van der Waals surface area contributed by atoms with E-state index in [2.05, 4.69) is 15.9 Å². The van der Waals surface area contributed by atoms with E-state index >= 15 is 0 Å². The van der Waals surface area contributed by atoms with Crippen molar-refractivity contribution in [1.82, 2.24) is 0 Å². The first-order valence-electron chi connectivity index (χ1n) is 5.86. The first-order chi connectivity index (χ1) is 8.58. The average Bonchev–Trinajstić information content (AvgIpc) is 2.32. The maximum absolute atomic E-state index is 13.6. The maximum Gasteiger partial charge on any atom is 0.347 e. The molecule has 0 amide bonds. The highest BCUT2D eigenvalue weighted by atomic mass is 79.9. The lowest BCUT2D eigenvalue weighted by atomic mass is 10.2. The Bertz CT molecular complexity index is 409. The van der Waals surface area contributed by atoms with Crippen LogP contribution in [-0.2, 0) is 9.53 Å². The summed E-state index contributed by atoms with van der Waals surface area (Å²) < 4.78 is 24.5. The Morgan fingerprint density at radius 1 is 1.44 bits per heavy atom. The Hall–Kier alpha value is -1.10. The van der Waals surface area contributed by atoms with Gasteiger partial charge in [-0.15, -0.1) is 0 Å². The van der Waals surface area contributed by atoms with Crippen LogP contribution in [0.1, 0.15) is 26.7 Å². The third-order valence-electron chi connectivity index (χ3n) is 2.26. The van der Waals surface area contributed by atoms with Crippen LogP contribution in [0, 0.1) is 5.82 Å². The Morgan fingerprint density at radius 3 is 2.72 bits per heavy atom. The molecule has 1 aromatic rings. The summed E-state index contributed by atoms with van der Waals surface area (Å²) >= 11 is 3.16. The summed E-state index contributed by atoms with van der Waals surface area (Å²) in [7, 11) is 0. The van der Waals surface area contributed by atoms with Crippen molar-refractivity contribution in [3.63, 3.8) is 0 Å². The number of carbonyl (C=O) groups excluding carboxylic acids is 1. The Labute approximate surface area is 114 Å². The van der Waals surface area contributed by atoms with Gasteiger partial charge in [-0.2, -0.15) is 0 Å². The molecule has 0 heterocycles. The molecule has 0 aliphatic carbocycles. The van der Waals surface area contributed by atoms with Crippen LogP contribution >= 0.6 is 15.9 Å². The van der Waals surface area contributed by atoms with Crippen molar-refractivity contribution >= 4 is 21.9 Å². The van der Waals surface area contributed by atoms with Crippen LogP contribution in [0.2, 0.25) is 0 Å². The number of esters is 1. The summed E-state index contributed by atoms with van der Waals surface area (Å²) in [5, 5.41) is 0. The van der Waals surface area contributed by atoms with Crippen molar-refractivity contribution < 1.29 is 18.7 Å². The molecule has 5 heteroatoms. The Kier molecular flexibility index (Phi) is 6.12. The summed E-state index contributed by atoms with van der Waals surface area (Å²) in [4.78, 5) is 11.6. The number of halogens is 2. The van der Waals surface area contributed by atoms with E-state index in [0.29, 0.717) is 10.9 Å². The van der Waals surface area contributed by atoms with Crippen LogP contribution in [0.25, 0.3) is 0 Å². The van der Waals surface area contributed by atoms with Gasteiger partial charge in [0.05, 0.1) is 6.61 Å². The number of ether oxygens (including phenoxy) is 2. The lowest BCUT2D eigenvalue weighted by Crippen LogP contribution is -2.29. The predicted octanol–water partition coefficient (Wildman–Crippen LogP) is 3.70. The fourth-order valence-corrected chi connectivity index (χ4v) is 1.78. The van der Waals surface area contributed by atoms with E-state index < -0.39 is 17.9 Å². The van der Waals surface area contributed by atoms with Crippen molar-refractivity contribution in [3.8, 4) is 5.75 Å². The van der Waals surface area contributed by atoms with Gasteiger partial charge in [-0.25, -0.2) is 9.18 Å². The average molecular weight is 319 g/mol.